The van der Waals surface area contributed by atoms with Crippen LogP contribution in [0.5, 0.6) is 0 Å². The monoisotopic (exact) mass is 238 g/mol. The van der Waals surface area contributed by atoms with Gasteiger partial charge in [0.2, 0.25) is 0 Å². The van der Waals surface area contributed by atoms with E-state index in [-0.39, 0.29) is 5.60 Å². The minimum atomic E-state index is -0.382. The van der Waals surface area contributed by atoms with Crippen molar-refractivity contribution in [2.75, 3.05) is 0 Å². The summed E-state index contributed by atoms with van der Waals surface area (Å²) in [6, 6.07) is 0. The smallest absolute Gasteiger partial charge is 0.0647 e. The molecule has 2 aliphatic carbocycles. The van der Waals surface area contributed by atoms with E-state index in [2.05, 4.69) is 27.7 Å². The SMILES string of the molecule is CC1CCCC(C)(C)C1CCC(C)(O)C1CC1. The molecule has 2 aliphatic rings. The molecule has 1 N–H and O–H groups in total. The molecule has 0 aromatic rings. The minimum absolute atomic E-state index is 0.382. The topological polar surface area (TPSA) is 20.2 Å². The van der Waals surface area contributed by atoms with Crippen molar-refractivity contribution in [2.24, 2.45) is 23.2 Å². The number of aliphatic hydroxyl groups is 1. The standard InChI is InChI=1S/C16H30O/c1-12-6-5-10-15(2,3)14(12)9-11-16(4,17)13-7-8-13/h12-14,17H,5-11H2,1-4H3. The molecule has 2 fully saturated rings. The zero-order chi connectivity index (χ0) is 12.7. The second kappa shape index (κ2) is 4.57. The normalized spacial score (nSPS) is 36.5. The second-order valence-corrected chi connectivity index (χ2v) is 7.63. The fourth-order valence-electron chi connectivity index (χ4n) is 4.07. The summed E-state index contributed by atoms with van der Waals surface area (Å²) < 4.78 is 0. The Hall–Kier alpha value is -0.0400. The Morgan fingerprint density at radius 2 is 1.88 bits per heavy atom. The van der Waals surface area contributed by atoms with Gasteiger partial charge in [0.15, 0.2) is 0 Å². The highest BCUT2D eigenvalue weighted by molar-refractivity contribution is 4.94. The fraction of sp³-hybridized carbons (Fsp3) is 1.00. The van der Waals surface area contributed by atoms with E-state index in [0.29, 0.717) is 11.3 Å². The summed E-state index contributed by atoms with van der Waals surface area (Å²) in [5, 5.41) is 10.4. The second-order valence-electron chi connectivity index (χ2n) is 7.63. The highest BCUT2D eigenvalue weighted by Crippen LogP contribution is 2.48. The van der Waals surface area contributed by atoms with Crippen LogP contribution in [0.15, 0.2) is 0 Å². The molecule has 3 atom stereocenters. The highest BCUT2D eigenvalue weighted by Gasteiger charge is 2.42. The maximum atomic E-state index is 10.4. The van der Waals surface area contributed by atoms with Gasteiger partial charge >= 0.3 is 0 Å². The number of hydrogen-bond acceptors (Lipinski definition) is 1. The van der Waals surface area contributed by atoms with Crippen LogP contribution in [0.4, 0.5) is 0 Å². The average Bonchev–Trinajstić information content (AvgIpc) is 2.98. The predicted molar refractivity (Wildman–Crippen MR) is 72.9 cm³/mol. The fourth-order valence-corrected chi connectivity index (χ4v) is 4.07. The van der Waals surface area contributed by atoms with E-state index in [1.54, 1.807) is 0 Å². The highest BCUT2D eigenvalue weighted by atomic mass is 16.3. The molecule has 0 saturated heterocycles. The molecule has 0 spiro atoms. The third-order valence-electron chi connectivity index (χ3n) is 5.59. The van der Waals surface area contributed by atoms with Gasteiger partial charge in [0.1, 0.15) is 0 Å². The van der Waals surface area contributed by atoms with Gasteiger partial charge in [-0.25, -0.2) is 0 Å². The van der Waals surface area contributed by atoms with Gasteiger partial charge in [-0.2, -0.15) is 0 Å². The zero-order valence-corrected chi connectivity index (χ0v) is 12.1. The number of rotatable bonds is 4. The van der Waals surface area contributed by atoms with E-state index in [9.17, 15) is 5.11 Å². The summed E-state index contributed by atoms with van der Waals surface area (Å²) in [5.41, 5.74) is 0.102. The summed E-state index contributed by atoms with van der Waals surface area (Å²) in [5.74, 6) is 2.25. The Bertz CT molecular complexity index is 263. The molecule has 100 valence electrons. The molecule has 0 bridgehead atoms. The molecule has 1 heteroatoms. The van der Waals surface area contributed by atoms with E-state index < -0.39 is 0 Å². The maximum Gasteiger partial charge on any atom is 0.0647 e. The Labute approximate surface area is 107 Å². The first-order valence-corrected chi connectivity index (χ1v) is 7.55. The van der Waals surface area contributed by atoms with E-state index in [0.717, 1.165) is 18.3 Å². The molecular weight excluding hydrogens is 208 g/mol. The first-order valence-electron chi connectivity index (χ1n) is 7.55. The van der Waals surface area contributed by atoms with Crippen molar-refractivity contribution in [1.29, 1.82) is 0 Å². The first kappa shape index (κ1) is 13.4. The molecule has 17 heavy (non-hydrogen) atoms. The Kier molecular flexibility index (Phi) is 3.60. The summed E-state index contributed by atoms with van der Waals surface area (Å²) in [6.45, 7) is 9.33. The van der Waals surface area contributed by atoms with Crippen molar-refractivity contribution in [3.05, 3.63) is 0 Å². The molecule has 0 aromatic carbocycles. The van der Waals surface area contributed by atoms with Crippen molar-refractivity contribution in [1.82, 2.24) is 0 Å². The molecule has 0 radical (unpaired) electrons. The average molecular weight is 238 g/mol. The third kappa shape index (κ3) is 3.05. The Morgan fingerprint density at radius 3 is 2.41 bits per heavy atom. The van der Waals surface area contributed by atoms with Crippen molar-refractivity contribution < 1.29 is 5.11 Å². The molecule has 2 rings (SSSR count). The predicted octanol–water partition coefficient (Wildman–Crippen LogP) is 4.39. The van der Waals surface area contributed by atoms with Crippen LogP contribution in [-0.2, 0) is 0 Å². The van der Waals surface area contributed by atoms with E-state index >= 15 is 0 Å². The molecule has 0 aromatic heterocycles. The number of hydrogen-bond donors (Lipinski definition) is 1. The Balaban J connectivity index is 1.91. The van der Waals surface area contributed by atoms with Crippen molar-refractivity contribution in [3.63, 3.8) is 0 Å². The molecule has 3 unspecified atom stereocenters. The van der Waals surface area contributed by atoms with E-state index in [1.807, 2.05) is 0 Å². The van der Waals surface area contributed by atoms with Crippen LogP contribution in [0.25, 0.3) is 0 Å². The van der Waals surface area contributed by atoms with Gasteiger partial charge in [0, 0.05) is 0 Å². The lowest BCUT2D eigenvalue weighted by Gasteiger charge is -2.44. The molecule has 2 saturated carbocycles. The van der Waals surface area contributed by atoms with Crippen molar-refractivity contribution >= 4 is 0 Å². The van der Waals surface area contributed by atoms with Crippen LogP contribution < -0.4 is 0 Å². The third-order valence-corrected chi connectivity index (χ3v) is 5.59. The van der Waals surface area contributed by atoms with Crippen LogP contribution >= 0.6 is 0 Å². The zero-order valence-electron chi connectivity index (χ0n) is 12.1. The largest absolute Gasteiger partial charge is 0.390 e. The maximum absolute atomic E-state index is 10.4. The van der Waals surface area contributed by atoms with Gasteiger partial charge in [-0.15, -0.1) is 0 Å². The lowest BCUT2D eigenvalue weighted by Crippen LogP contribution is -2.36. The van der Waals surface area contributed by atoms with Crippen LogP contribution in [0, 0.1) is 23.2 Å². The quantitative estimate of drug-likeness (QED) is 0.770. The van der Waals surface area contributed by atoms with Crippen LogP contribution in [0.1, 0.15) is 72.6 Å². The molecule has 0 heterocycles. The van der Waals surface area contributed by atoms with Gasteiger partial charge in [-0.3, -0.25) is 0 Å². The van der Waals surface area contributed by atoms with Crippen molar-refractivity contribution in [3.8, 4) is 0 Å². The van der Waals surface area contributed by atoms with E-state index in [4.69, 9.17) is 0 Å². The summed E-state index contributed by atoms with van der Waals surface area (Å²) in [7, 11) is 0. The summed E-state index contributed by atoms with van der Waals surface area (Å²) in [6.07, 6.45) is 8.87. The van der Waals surface area contributed by atoms with Crippen LogP contribution in [-0.4, -0.2) is 10.7 Å². The Morgan fingerprint density at radius 1 is 1.24 bits per heavy atom. The van der Waals surface area contributed by atoms with Gasteiger partial charge in [0.05, 0.1) is 5.60 Å². The van der Waals surface area contributed by atoms with Crippen LogP contribution in [0.2, 0.25) is 0 Å². The van der Waals surface area contributed by atoms with Gasteiger partial charge in [-0.1, -0.05) is 33.6 Å². The van der Waals surface area contributed by atoms with Gasteiger partial charge < -0.3 is 5.11 Å². The van der Waals surface area contributed by atoms with Gasteiger partial charge in [-0.05, 0) is 62.2 Å². The summed E-state index contributed by atoms with van der Waals surface area (Å²) in [4.78, 5) is 0. The lowest BCUT2D eigenvalue weighted by molar-refractivity contribution is -0.000338. The summed E-state index contributed by atoms with van der Waals surface area (Å²) >= 11 is 0. The van der Waals surface area contributed by atoms with Crippen LogP contribution in [0.3, 0.4) is 0 Å². The molecular formula is C16H30O. The van der Waals surface area contributed by atoms with Gasteiger partial charge in [0.25, 0.3) is 0 Å². The first-order chi connectivity index (χ1) is 7.83. The van der Waals surface area contributed by atoms with E-state index in [1.165, 1.54) is 38.5 Å². The molecule has 1 nitrogen and oxygen atoms in total. The molecule has 0 amide bonds. The molecule has 0 aliphatic heterocycles. The lowest BCUT2D eigenvalue weighted by atomic mass is 9.62. The van der Waals surface area contributed by atoms with Crippen molar-refractivity contribution in [2.45, 2.75) is 78.2 Å². The minimum Gasteiger partial charge on any atom is -0.390 e.